The molecular weight excluding hydrogens is 234 g/mol. The van der Waals surface area contributed by atoms with Crippen LogP contribution in [0.15, 0.2) is 41.3 Å². The number of hydrogen-bond donors (Lipinski definition) is 2. The highest BCUT2D eigenvalue weighted by Gasteiger charge is 2.06. The van der Waals surface area contributed by atoms with E-state index in [9.17, 15) is 4.79 Å². The van der Waals surface area contributed by atoms with Crippen molar-refractivity contribution in [1.29, 1.82) is 0 Å². The van der Waals surface area contributed by atoms with Gasteiger partial charge in [0.25, 0.3) is 0 Å². The molecule has 1 heterocycles. The number of benzene rings is 1. The maximum atomic E-state index is 10.8. The first kappa shape index (κ1) is 11.8. The van der Waals surface area contributed by atoms with Gasteiger partial charge in [-0.25, -0.2) is 4.79 Å². The molecule has 0 amide bonds. The Morgan fingerprint density at radius 1 is 1.24 bits per heavy atom. The van der Waals surface area contributed by atoms with Crippen molar-refractivity contribution in [3.05, 3.63) is 42.1 Å². The minimum atomic E-state index is -0.936. The molecule has 0 bridgehead atoms. The van der Waals surface area contributed by atoms with Crippen LogP contribution in [0.5, 0.6) is 0 Å². The highest BCUT2D eigenvalue weighted by molar-refractivity contribution is 7.99. The smallest absolute Gasteiger partial charge is 0.352 e. The Kier molecular flexibility index (Phi) is 3.54. The number of nitrogens with one attached hydrogen (secondary N) is 1. The minimum absolute atomic E-state index is 0.215. The topological polar surface area (TPSA) is 53.1 Å². The summed E-state index contributed by atoms with van der Waals surface area (Å²) < 4.78 is 0. The number of carboxylic acid groups (broad SMARTS) is 1. The van der Waals surface area contributed by atoms with Crippen LogP contribution in [0.3, 0.4) is 0 Å². The molecule has 0 fully saturated rings. The summed E-state index contributed by atoms with van der Waals surface area (Å²) in [6, 6.07) is 11.4. The van der Waals surface area contributed by atoms with Crippen LogP contribution in [0.1, 0.15) is 17.4 Å². The van der Waals surface area contributed by atoms with Gasteiger partial charge in [0.1, 0.15) is 5.69 Å². The lowest BCUT2D eigenvalue weighted by atomic mass is 10.2. The highest BCUT2D eigenvalue weighted by atomic mass is 32.2. The van der Waals surface area contributed by atoms with E-state index in [1.165, 1.54) is 4.90 Å². The molecule has 0 saturated carbocycles. The first-order valence-electron chi connectivity index (χ1n) is 5.36. The number of carbonyl (C=O) groups is 1. The van der Waals surface area contributed by atoms with E-state index < -0.39 is 5.97 Å². The third-order valence-corrected chi connectivity index (χ3v) is 3.29. The van der Waals surface area contributed by atoms with Crippen LogP contribution >= 0.6 is 11.8 Å². The molecule has 2 rings (SSSR count). The summed E-state index contributed by atoms with van der Waals surface area (Å²) in [5, 5.41) is 8.82. The molecular formula is C13H13NO2S. The van der Waals surface area contributed by atoms with E-state index in [0.717, 1.165) is 17.0 Å². The molecule has 0 atom stereocenters. The number of thioether (sulfide) groups is 1. The second kappa shape index (κ2) is 5.10. The van der Waals surface area contributed by atoms with Gasteiger partial charge >= 0.3 is 5.97 Å². The number of aromatic carboxylic acids is 1. The van der Waals surface area contributed by atoms with E-state index in [2.05, 4.69) is 11.9 Å². The van der Waals surface area contributed by atoms with Gasteiger partial charge in [0.2, 0.25) is 0 Å². The number of carboxylic acids is 1. The van der Waals surface area contributed by atoms with Crippen LogP contribution in [0.25, 0.3) is 11.3 Å². The average molecular weight is 247 g/mol. The Morgan fingerprint density at radius 3 is 2.47 bits per heavy atom. The monoisotopic (exact) mass is 247 g/mol. The third-order valence-electron chi connectivity index (χ3n) is 2.39. The lowest BCUT2D eigenvalue weighted by Crippen LogP contribution is -1.95. The number of aromatic nitrogens is 1. The number of hydrogen-bond acceptors (Lipinski definition) is 2. The van der Waals surface area contributed by atoms with Crippen LogP contribution in [-0.4, -0.2) is 21.8 Å². The summed E-state index contributed by atoms with van der Waals surface area (Å²) in [5.74, 6) is 0.111. The maximum Gasteiger partial charge on any atom is 0.352 e. The van der Waals surface area contributed by atoms with Crippen LogP contribution in [-0.2, 0) is 0 Å². The van der Waals surface area contributed by atoms with Gasteiger partial charge in [-0.1, -0.05) is 19.1 Å². The highest BCUT2D eigenvalue weighted by Crippen LogP contribution is 2.23. The Morgan fingerprint density at radius 2 is 1.94 bits per heavy atom. The Labute approximate surface area is 104 Å². The molecule has 2 aromatic rings. The molecule has 3 nitrogen and oxygen atoms in total. The average Bonchev–Trinajstić information content (AvgIpc) is 2.80. The molecule has 0 spiro atoms. The van der Waals surface area contributed by atoms with E-state index in [1.807, 2.05) is 24.3 Å². The summed E-state index contributed by atoms with van der Waals surface area (Å²) in [7, 11) is 0. The van der Waals surface area contributed by atoms with Crippen molar-refractivity contribution in [1.82, 2.24) is 4.98 Å². The quantitative estimate of drug-likeness (QED) is 0.813. The zero-order valence-electron chi connectivity index (χ0n) is 9.43. The standard InChI is InChI=1S/C13H13NO2S/c1-2-17-10-5-3-9(4-6-10)11-7-8-12(14-11)13(15)16/h3-8,14H,2H2,1H3,(H,15,16). The van der Waals surface area contributed by atoms with Gasteiger partial charge in [-0.05, 0) is 35.6 Å². The molecule has 0 radical (unpaired) electrons. The van der Waals surface area contributed by atoms with Crippen molar-refractivity contribution in [3.63, 3.8) is 0 Å². The summed E-state index contributed by atoms with van der Waals surface area (Å²) in [6.45, 7) is 2.11. The molecule has 0 saturated heterocycles. The third kappa shape index (κ3) is 2.71. The van der Waals surface area contributed by atoms with Crippen molar-refractivity contribution in [2.45, 2.75) is 11.8 Å². The van der Waals surface area contributed by atoms with Gasteiger partial charge in [0, 0.05) is 10.6 Å². The second-order valence-electron chi connectivity index (χ2n) is 3.55. The second-order valence-corrected chi connectivity index (χ2v) is 4.89. The fourth-order valence-electron chi connectivity index (χ4n) is 1.59. The lowest BCUT2D eigenvalue weighted by Gasteiger charge is -2.01. The number of H-pyrrole nitrogens is 1. The van der Waals surface area contributed by atoms with Gasteiger partial charge in [-0.3, -0.25) is 0 Å². The first-order chi connectivity index (χ1) is 8.20. The van der Waals surface area contributed by atoms with Gasteiger partial charge in [-0.2, -0.15) is 0 Å². The predicted octanol–water partition coefficient (Wildman–Crippen LogP) is 3.49. The van der Waals surface area contributed by atoms with E-state index in [1.54, 1.807) is 23.9 Å². The molecule has 2 N–H and O–H groups in total. The predicted molar refractivity (Wildman–Crippen MR) is 69.6 cm³/mol. The Balaban J connectivity index is 2.23. The van der Waals surface area contributed by atoms with Crippen molar-refractivity contribution >= 4 is 17.7 Å². The van der Waals surface area contributed by atoms with Crippen LogP contribution < -0.4 is 0 Å². The molecule has 0 unspecified atom stereocenters. The van der Waals surface area contributed by atoms with Crippen LogP contribution in [0, 0.1) is 0 Å². The van der Waals surface area contributed by atoms with Gasteiger partial charge in [0.05, 0.1) is 0 Å². The fraction of sp³-hybridized carbons (Fsp3) is 0.154. The largest absolute Gasteiger partial charge is 0.477 e. The van der Waals surface area contributed by atoms with Crippen LogP contribution in [0.2, 0.25) is 0 Å². The maximum absolute atomic E-state index is 10.8. The number of aromatic amines is 1. The number of rotatable bonds is 4. The van der Waals surface area contributed by atoms with E-state index in [4.69, 9.17) is 5.11 Å². The van der Waals surface area contributed by atoms with E-state index in [-0.39, 0.29) is 5.69 Å². The van der Waals surface area contributed by atoms with Gasteiger partial charge < -0.3 is 10.1 Å². The molecule has 0 aliphatic carbocycles. The van der Waals surface area contributed by atoms with Crippen LogP contribution in [0.4, 0.5) is 0 Å². The Bertz CT molecular complexity index is 516. The summed E-state index contributed by atoms with van der Waals surface area (Å²) in [4.78, 5) is 14.8. The summed E-state index contributed by atoms with van der Waals surface area (Å²) in [6.07, 6.45) is 0. The molecule has 0 aliphatic rings. The molecule has 4 heteroatoms. The summed E-state index contributed by atoms with van der Waals surface area (Å²) in [5.41, 5.74) is 2.04. The van der Waals surface area contributed by atoms with Crippen molar-refractivity contribution < 1.29 is 9.90 Å². The SMILES string of the molecule is CCSc1ccc(-c2ccc(C(=O)O)[nH]2)cc1. The molecule has 88 valence electrons. The lowest BCUT2D eigenvalue weighted by molar-refractivity contribution is 0.0691. The fourth-order valence-corrected chi connectivity index (χ4v) is 2.25. The normalized spacial score (nSPS) is 10.4. The van der Waals surface area contributed by atoms with Gasteiger partial charge in [-0.15, -0.1) is 11.8 Å². The molecule has 1 aromatic heterocycles. The van der Waals surface area contributed by atoms with Crippen molar-refractivity contribution in [3.8, 4) is 11.3 Å². The summed E-state index contributed by atoms with van der Waals surface area (Å²) >= 11 is 1.78. The Hall–Kier alpha value is -1.68. The minimum Gasteiger partial charge on any atom is -0.477 e. The molecule has 1 aromatic carbocycles. The molecule has 17 heavy (non-hydrogen) atoms. The first-order valence-corrected chi connectivity index (χ1v) is 6.35. The van der Waals surface area contributed by atoms with E-state index in [0.29, 0.717) is 0 Å². The zero-order valence-corrected chi connectivity index (χ0v) is 10.3. The van der Waals surface area contributed by atoms with Crippen molar-refractivity contribution in [2.75, 3.05) is 5.75 Å². The molecule has 0 aliphatic heterocycles. The van der Waals surface area contributed by atoms with E-state index >= 15 is 0 Å². The zero-order chi connectivity index (χ0) is 12.3. The van der Waals surface area contributed by atoms with Gasteiger partial charge in [0.15, 0.2) is 0 Å². The van der Waals surface area contributed by atoms with Crippen molar-refractivity contribution in [2.24, 2.45) is 0 Å².